The molecule has 1 aromatic heterocycles. The number of aromatic nitrogens is 3. The standard InChI is InChI=1S/C12H14N4O3/c1-2-19-12(18)11-14-10(15-16-11)7-13-8-3-5-9(17)6-4-8/h3-6,13,17H,2,7H2,1H3,(H,14,15,16). The maximum Gasteiger partial charge on any atom is 0.378 e. The highest BCUT2D eigenvalue weighted by atomic mass is 16.5. The van der Waals surface area contributed by atoms with E-state index in [9.17, 15) is 4.79 Å². The Bertz CT molecular complexity index is 550. The van der Waals surface area contributed by atoms with Crippen LogP contribution >= 0.6 is 0 Å². The Labute approximate surface area is 109 Å². The number of rotatable bonds is 5. The van der Waals surface area contributed by atoms with Gasteiger partial charge in [-0.3, -0.25) is 5.10 Å². The van der Waals surface area contributed by atoms with Crippen LogP contribution < -0.4 is 5.32 Å². The van der Waals surface area contributed by atoms with Gasteiger partial charge in [-0.25, -0.2) is 9.78 Å². The average Bonchev–Trinajstić information content (AvgIpc) is 2.87. The Morgan fingerprint density at radius 1 is 1.42 bits per heavy atom. The van der Waals surface area contributed by atoms with Crippen LogP contribution in [0.1, 0.15) is 23.4 Å². The van der Waals surface area contributed by atoms with Gasteiger partial charge in [0.1, 0.15) is 11.6 Å². The molecular weight excluding hydrogens is 248 g/mol. The number of aromatic hydroxyl groups is 1. The van der Waals surface area contributed by atoms with E-state index in [4.69, 9.17) is 9.84 Å². The van der Waals surface area contributed by atoms with Gasteiger partial charge in [0, 0.05) is 5.69 Å². The van der Waals surface area contributed by atoms with Gasteiger partial charge in [-0.2, -0.15) is 0 Å². The zero-order valence-electron chi connectivity index (χ0n) is 10.4. The quantitative estimate of drug-likeness (QED) is 0.554. The van der Waals surface area contributed by atoms with Gasteiger partial charge in [0.15, 0.2) is 0 Å². The highest BCUT2D eigenvalue weighted by Gasteiger charge is 2.12. The summed E-state index contributed by atoms with van der Waals surface area (Å²) in [4.78, 5) is 15.4. The Balaban J connectivity index is 1.93. The molecule has 0 spiro atoms. The van der Waals surface area contributed by atoms with E-state index in [-0.39, 0.29) is 18.2 Å². The Hall–Kier alpha value is -2.57. The molecule has 1 heterocycles. The highest BCUT2D eigenvalue weighted by molar-refractivity contribution is 5.84. The van der Waals surface area contributed by atoms with Crippen molar-refractivity contribution in [3.63, 3.8) is 0 Å². The number of carbonyl (C=O) groups is 1. The summed E-state index contributed by atoms with van der Waals surface area (Å²) in [7, 11) is 0. The molecule has 0 bridgehead atoms. The summed E-state index contributed by atoms with van der Waals surface area (Å²) in [5.41, 5.74) is 0.826. The molecule has 0 fully saturated rings. The van der Waals surface area contributed by atoms with Crippen molar-refractivity contribution in [1.82, 2.24) is 15.2 Å². The van der Waals surface area contributed by atoms with Crippen LogP contribution in [0, 0.1) is 0 Å². The van der Waals surface area contributed by atoms with Gasteiger partial charge >= 0.3 is 5.97 Å². The molecule has 3 N–H and O–H groups in total. The summed E-state index contributed by atoms with van der Waals surface area (Å²) in [6.45, 7) is 2.39. The molecule has 0 radical (unpaired) electrons. The number of phenols is 1. The third kappa shape index (κ3) is 3.44. The van der Waals surface area contributed by atoms with Gasteiger partial charge in [0.05, 0.1) is 13.2 Å². The molecule has 0 aliphatic heterocycles. The molecule has 1 aromatic carbocycles. The topological polar surface area (TPSA) is 100 Å². The Kier molecular flexibility index (Phi) is 3.97. The van der Waals surface area contributed by atoms with Gasteiger partial charge in [0.25, 0.3) is 5.82 Å². The number of phenolic OH excluding ortho intramolecular Hbond substituents is 1. The number of nitrogens with one attached hydrogen (secondary N) is 2. The van der Waals surface area contributed by atoms with Gasteiger partial charge in [-0.1, -0.05) is 0 Å². The number of hydrogen-bond donors (Lipinski definition) is 3. The number of anilines is 1. The highest BCUT2D eigenvalue weighted by Crippen LogP contribution is 2.14. The molecule has 7 heteroatoms. The first kappa shape index (κ1) is 12.9. The third-order valence-electron chi connectivity index (χ3n) is 2.32. The van der Waals surface area contributed by atoms with E-state index in [2.05, 4.69) is 20.5 Å². The molecule has 0 saturated heterocycles. The van der Waals surface area contributed by atoms with Gasteiger partial charge in [-0.05, 0) is 31.2 Å². The smallest absolute Gasteiger partial charge is 0.378 e. The van der Waals surface area contributed by atoms with E-state index >= 15 is 0 Å². The zero-order valence-corrected chi connectivity index (χ0v) is 10.4. The molecule has 0 amide bonds. The van der Waals surface area contributed by atoms with Gasteiger partial charge in [0.2, 0.25) is 0 Å². The molecule has 2 aromatic rings. The first-order valence-electron chi connectivity index (χ1n) is 5.80. The summed E-state index contributed by atoms with van der Waals surface area (Å²) in [6.07, 6.45) is 0. The fourth-order valence-corrected chi connectivity index (χ4v) is 1.43. The molecule has 19 heavy (non-hydrogen) atoms. The fraction of sp³-hybridized carbons (Fsp3) is 0.250. The minimum Gasteiger partial charge on any atom is -0.508 e. The van der Waals surface area contributed by atoms with Crippen LogP contribution in [0.2, 0.25) is 0 Å². The van der Waals surface area contributed by atoms with Crippen molar-refractivity contribution < 1.29 is 14.6 Å². The van der Waals surface area contributed by atoms with Crippen LogP contribution in [-0.2, 0) is 11.3 Å². The third-order valence-corrected chi connectivity index (χ3v) is 2.32. The van der Waals surface area contributed by atoms with E-state index in [0.29, 0.717) is 12.4 Å². The lowest BCUT2D eigenvalue weighted by molar-refractivity contribution is 0.0512. The van der Waals surface area contributed by atoms with Crippen molar-refractivity contribution in [3.8, 4) is 5.75 Å². The lowest BCUT2D eigenvalue weighted by Gasteiger charge is -2.03. The number of carbonyl (C=O) groups excluding carboxylic acids is 1. The number of nitrogens with zero attached hydrogens (tertiary/aromatic N) is 2. The summed E-state index contributed by atoms with van der Waals surface area (Å²) in [6, 6.07) is 6.62. The second-order valence-electron chi connectivity index (χ2n) is 3.73. The van der Waals surface area contributed by atoms with Crippen molar-refractivity contribution in [2.24, 2.45) is 0 Å². The van der Waals surface area contributed by atoms with Crippen LogP contribution in [0.25, 0.3) is 0 Å². The van der Waals surface area contributed by atoms with E-state index in [1.54, 1.807) is 31.2 Å². The molecule has 0 saturated carbocycles. The first-order chi connectivity index (χ1) is 9.19. The van der Waals surface area contributed by atoms with Crippen LogP contribution in [0.15, 0.2) is 24.3 Å². The lowest BCUT2D eigenvalue weighted by Crippen LogP contribution is -2.07. The van der Waals surface area contributed by atoms with Crippen LogP contribution in [0.3, 0.4) is 0 Å². The Morgan fingerprint density at radius 3 is 2.84 bits per heavy atom. The van der Waals surface area contributed by atoms with E-state index < -0.39 is 5.97 Å². The van der Waals surface area contributed by atoms with E-state index in [0.717, 1.165) is 5.69 Å². The van der Waals surface area contributed by atoms with Crippen molar-refractivity contribution in [1.29, 1.82) is 0 Å². The lowest BCUT2D eigenvalue weighted by atomic mass is 10.3. The Morgan fingerprint density at radius 2 is 2.16 bits per heavy atom. The molecule has 2 rings (SSSR count). The average molecular weight is 262 g/mol. The molecule has 7 nitrogen and oxygen atoms in total. The van der Waals surface area contributed by atoms with E-state index in [1.165, 1.54) is 0 Å². The fourth-order valence-electron chi connectivity index (χ4n) is 1.43. The van der Waals surface area contributed by atoms with Gasteiger partial charge < -0.3 is 15.2 Å². The van der Waals surface area contributed by atoms with E-state index in [1.807, 2.05) is 0 Å². The van der Waals surface area contributed by atoms with Gasteiger partial charge in [-0.15, -0.1) is 5.10 Å². The molecule has 0 unspecified atom stereocenters. The summed E-state index contributed by atoms with van der Waals surface area (Å²) < 4.78 is 4.79. The number of esters is 1. The second-order valence-corrected chi connectivity index (χ2v) is 3.73. The molecule has 100 valence electrons. The predicted molar refractivity (Wildman–Crippen MR) is 67.8 cm³/mol. The number of hydrogen-bond acceptors (Lipinski definition) is 6. The molecule has 0 aliphatic carbocycles. The van der Waals surface area contributed by atoms with Crippen molar-refractivity contribution in [2.75, 3.05) is 11.9 Å². The van der Waals surface area contributed by atoms with Crippen LogP contribution in [-0.4, -0.2) is 32.9 Å². The summed E-state index contributed by atoms with van der Waals surface area (Å²) in [5.74, 6) is 0.199. The van der Waals surface area contributed by atoms with Crippen molar-refractivity contribution in [3.05, 3.63) is 35.9 Å². The SMILES string of the molecule is CCOC(=O)c1n[nH]c(CNc2ccc(O)cc2)n1. The molecular formula is C12H14N4O3. The maximum absolute atomic E-state index is 11.4. The number of ether oxygens (including phenoxy) is 1. The number of aromatic amines is 1. The van der Waals surface area contributed by atoms with Crippen LogP contribution in [0.4, 0.5) is 5.69 Å². The normalized spacial score (nSPS) is 10.2. The minimum atomic E-state index is -0.547. The summed E-state index contributed by atoms with van der Waals surface area (Å²) >= 11 is 0. The van der Waals surface area contributed by atoms with Crippen LogP contribution in [0.5, 0.6) is 5.75 Å². The van der Waals surface area contributed by atoms with Crippen molar-refractivity contribution in [2.45, 2.75) is 13.5 Å². The first-order valence-corrected chi connectivity index (χ1v) is 5.80. The zero-order chi connectivity index (χ0) is 13.7. The maximum atomic E-state index is 11.4. The monoisotopic (exact) mass is 262 g/mol. The minimum absolute atomic E-state index is 0.0179. The van der Waals surface area contributed by atoms with Crippen molar-refractivity contribution >= 4 is 11.7 Å². The number of benzene rings is 1. The molecule has 0 aliphatic rings. The second kappa shape index (κ2) is 5.85. The predicted octanol–water partition coefficient (Wildman–Crippen LogP) is 1.30. The number of H-pyrrole nitrogens is 1. The largest absolute Gasteiger partial charge is 0.508 e. The molecule has 0 atom stereocenters. The summed E-state index contributed by atoms with van der Waals surface area (Å²) in [5, 5.41) is 18.6.